The van der Waals surface area contributed by atoms with Crippen LogP contribution in [0.15, 0.2) is 30.3 Å². The van der Waals surface area contributed by atoms with Gasteiger partial charge in [-0.3, -0.25) is 0 Å². The lowest BCUT2D eigenvalue weighted by Gasteiger charge is -2.21. The van der Waals surface area contributed by atoms with Crippen LogP contribution in [-0.2, 0) is 7.05 Å². The molecule has 106 valence electrons. The zero-order valence-electron chi connectivity index (χ0n) is 12.3. The second kappa shape index (κ2) is 5.29. The monoisotopic (exact) mass is 271 g/mol. The van der Waals surface area contributed by atoms with Crippen molar-refractivity contribution in [1.29, 1.82) is 0 Å². The number of hydrogen-bond acceptors (Lipinski definition) is 3. The van der Waals surface area contributed by atoms with Crippen molar-refractivity contribution in [3.05, 3.63) is 47.2 Å². The molecule has 2 aromatic rings. The topological polar surface area (TPSA) is 39.1 Å². The Labute approximate surface area is 119 Å². The highest BCUT2D eigenvalue weighted by molar-refractivity contribution is 5.38. The van der Waals surface area contributed by atoms with Crippen molar-refractivity contribution >= 4 is 0 Å². The first-order valence-electron chi connectivity index (χ1n) is 7.08. The van der Waals surface area contributed by atoms with Gasteiger partial charge in [0.05, 0.1) is 18.4 Å². The first kappa shape index (κ1) is 13.2. The van der Waals surface area contributed by atoms with Crippen LogP contribution in [0.2, 0.25) is 0 Å². The summed E-state index contributed by atoms with van der Waals surface area (Å²) in [7, 11) is 3.65. The fourth-order valence-electron chi connectivity index (χ4n) is 3.32. The molecule has 0 bridgehead atoms. The molecule has 1 saturated heterocycles. The molecule has 0 radical (unpaired) electrons. The molecule has 2 unspecified atom stereocenters. The Morgan fingerprint density at radius 3 is 2.75 bits per heavy atom. The summed E-state index contributed by atoms with van der Waals surface area (Å²) >= 11 is 0. The molecular formula is C16H21N3O. The molecule has 1 N–H and O–H groups in total. The van der Waals surface area contributed by atoms with Gasteiger partial charge in [0.25, 0.3) is 0 Å². The van der Waals surface area contributed by atoms with E-state index >= 15 is 0 Å². The highest BCUT2D eigenvalue weighted by Gasteiger charge is 2.34. The molecule has 4 heteroatoms. The van der Waals surface area contributed by atoms with Crippen molar-refractivity contribution in [2.45, 2.75) is 25.3 Å². The lowest BCUT2D eigenvalue weighted by Crippen LogP contribution is -2.18. The third kappa shape index (κ3) is 2.10. The van der Waals surface area contributed by atoms with E-state index in [0.717, 1.165) is 24.5 Å². The number of methoxy groups -OCH3 is 1. The molecule has 0 spiro atoms. The molecule has 2 heterocycles. The van der Waals surface area contributed by atoms with Crippen molar-refractivity contribution in [3.8, 4) is 5.88 Å². The molecule has 1 aliphatic heterocycles. The summed E-state index contributed by atoms with van der Waals surface area (Å²) < 4.78 is 7.38. The van der Waals surface area contributed by atoms with Crippen molar-refractivity contribution in [1.82, 2.24) is 15.1 Å². The smallest absolute Gasteiger partial charge is 0.216 e. The number of hydrogen-bond donors (Lipinski definition) is 1. The van der Waals surface area contributed by atoms with Crippen LogP contribution in [0, 0.1) is 6.92 Å². The number of benzene rings is 1. The van der Waals surface area contributed by atoms with Gasteiger partial charge in [-0.15, -0.1) is 0 Å². The third-order valence-electron chi connectivity index (χ3n) is 4.17. The van der Waals surface area contributed by atoms with Crippen LogP contribution in [0.1, 0.15) is 35.2 Å². The summed E-state index contributed by atoms with van der Waals surface area (Å²) in [6.45, 7) is 3.08. The minimum absolute atomic E-state index is 0.279. The summed E-state index contributed by atoms with van der Waals surface area (Å²) in [6, 6.07) is 11.0. The molecule has 4 nitrogen and oxygen atoms in total. The van der Waals surface area contributed by atoms with E-state index in [1.54, 1.807) is 7.11 Å². The van der Waals surface area contributed by atoms with Crippen LogP contribution in [0.3, 0.4) is 0 Å². The number of rotatable bonds is 3. The first-order valence-corrected chi connectivity index (χ1v) is 7.08. The van der Waals surface area contributed by atoms with Crippen molar-refractivity contribution < 1.29 is 4.74 Å². The number of aryl methyl sites for hydroxylation is 2. The number of nitrogens with zero attached hydrogens (tertiary/aromatic N) is 2. The minimum atomic E-state index is 0.279. The lowest BCUT2D eigenvalue weighted by molar-refractivity contribution is 0.363. The summed E-state index contributed by atoms with van der Waals surface area (Å²) in [5.41, 5.74) is 3.62. The summed E-state index contributed by atoms with van der Waals surface area (Å²) in [5.74, 6) is 1.34. The SMILES string of the molecule is COc1c(C2NCCC2c2ccccc2)c(C)nn1C. The molecule has 0 saturated carbocycles. The standard InChI is InChI=1S/C16H21N3O/c1-11-14(16(20-3)19(2)18-11)15-13(9-10-17-15)12-7-5-4-6-8-12/h4-8,13,15,17H,9-10H2,1-3H3. The van der Waals surface area contributed by atoms with E-state index in [2.05, 4.69) is 47.7 Å². The maximum Gasteiger partial charge on any atom is 0.216 e. The fourth-order valence-corrected chi connectivity index (χ4v) is 3.32. The molecule has 3 rings (SSSR count). The van der Waals surface area contributed by atoms with Crippen LogP contribution in [-0.4, -0.2) is 23.4 Å². The Morgan fingerprint density at radius 2 is 2.05 bits per heavy atom. The highest BCUT2D eigenvalue weighted by Crippen LogP contribution is 2.42. The van der Waals surface area contributed by atoms with Gasteiger partial charge in [0.15, 0.2) is 0 Å². The van der Waals surface area contributed by atoms with E-state index in [4.69, 9.17) is 4.74 Å². The van der Waals surface area contributed by atoms with Crippen LogP contribution < -0.4 is 10.1 Å². The van der Waals surface area contributed by atoms with E-state index in [9.17, 15) is 0 Å². The van der Waals surface area contributed by atoms with Crippen molar-refractivity contribution in [2.24, 2.45) is 7.05 Å². The van der Waals surface area contributed by atoms with Gasteiger partial charge < -0.3 is 10.1 Å². The van der Waals surface area contributed by atoms with E-state index in [0.29, 0.717) is 5.92 Å². The van der Waals surface area contributed by atoms with Gasteiger partial charge >= 0.3 is 0 Å². The number of aromatic nitrogens is 2. The van der Waals surface area contributed by atoms with E-state index in [1.165, 1.54) is 11.1 Å². The lowest BCUT2D eigenvalue weighted by atomic mass is 9.88. The zero-order chi connectivity index (χ0) is 14.1. The Morgan fingerprint density at radius 1 is 1.30 bits per heavy atom. The average Bonchev–Trinajstić information content (AvgIpc) is 3.03. The fraction of sp³-hybridized carbons (Fsp3) is 0.438. The normalized spacial score (nSPS) is 22.1. The maximum atomic E-state index is 5.55. The zero-order valence-corrected chi connectivity index (χ0v) is 12.3. The maximum absolute atomic E-state index is 5.55. The average molecular weight is 271 g/mol. The quantitative estimate of drug-likeness (QED) is 0.932. The number of nitrogens with one attached hydrogen (secondary N) is 1. The van der Waals surface area contributed by atoms with E-state index in [-0.39, 0.29) is 6.04 Å². The Balaban J connectivity index is 2.01. The summed E-state index contributed by atoms with van der Waals surface area (Å²) in [4.78, 5) is 0. The highest BCUT2D eigenvalue weighted by atomic mass is 16.5. The molecular weight excluding hydrogens is 250 g/mol. The largest absolute Gasteiger partial charge is 0.481 e. The molecule has 1 aromatic heterocycles. The van der Waals surface area contributed by atoms with Gasteiger partial charge in [-0.1, -0.05) is 30.3 Å². The van der Waals surface area contributed by atoms with Crippen molar-refractivity contribution in [2.75, 3.05) is 13.7 Å². The second-order valence-corrected chi connectivity index (χ2v) is 5.37. The van der Waals surface area contributed by atoms with Gasteiger partial charge in [-0.05, 0) is 25.5 Å². The Hall–Kier alpha value is -1.81. The van der Waals surface area contributed by atoms with Gasteiger partial charge in [-0.2, -0.15) is 5.10 Å². The molecule has 0 aliphatic carbocycles. The number of ether oxygens (including phenoxy) is 1. The predicted molar refractivity (Wildman–Crippen MR) is 79.0 cm³/mol. The van der Waals surface area contributed by atoms with Gasteiger partial charge in [0.1, 0.15) is 0 Å². The third-order valence-corrected chi connectivity index (χ3v) is 4.17. The van der Waals surface area contributed by atoms with E-state index in [1.807, 2.05) is 11.7 Å². The first-order chi connectivity index (χ1) is 9.72. The molecule has 2 atom stereocenters. The van der Waals surface area contributed by atoms with E-state index < -0.39 is 0 Å². The van der Waals surface area contributed by atoms with Gasteiger partial charge in [-0.25, -0.2) is 4.68 Å². The predicted octanol–water partition coefficient (Wildman–Crippen LogP) is 2.56. The molecule has 0 amide bonds. The van der Waals surface area contributed by atoms with Crippen LogP contribution in [0.4, 0.5) is 0 Å². The van der Waals surface area contributed by atoms with Crippen LogP contribution in [0.5, 0.6) is 5.88 Å². The Bertz CT molecular complexity index is 591. The van der Waals surface area contributed by atoms with Crippen LogP contribution in [0.25, 0.3) is 0 Å². The molecule has 1 fully saturated rings. The summed E-state index contributed by atoms with van der Waals surface area (Å²) in [5, 5.41) is 8.12. The minimum Gasteiger partial charge on any atom is -0.481 e. The second-order valence-electron chi connectivity index (χ2n) is 5.37. The van der Waals surface area contributed by atoms with Gasteiger partial charge in [0.2, 0.25) is 5.88 Å². The van der Waals surface area contributed by atoms with Crippen molar-refractivity contribution in [3.63, 3.8) is 0 Å². The van der Waals surface area contributed by atoms with Crippen LogP contribution >= 0.6 is 0 Å². The Kier molecular flexibility index (Phi) is 3.49. The molecule has 1 aromatic carbocycles. The molecule has 20 heavy (non-hydrogen) atoms. The summed E-state index contributed by atoms with van der Waals surface area (Å²) in [6.07, 6.45) is 1.15. The molecule has 1 aliphatic rings. The van der Waals surface area contributed by atoms with Gasteiger partial charge in [0, 0.05) is 19.0 Å².